The minimum atomic E-state index is -1.20. The molecule has 1 rings (SSSR count). The first-order valence-electron chi connectivity index (χ1n) is 3.54. The van der Waals surface area contributed by atoms with Crippen molar-refractivity contribution in [3.63, 3.8) is 0 Å². The molecule has 0 aliphatic heterocycles. The molecular formula is C8H8F3NO. The van der Waals surface area contributed by atoms with E-state index < -0.39 is 17.5 Å². The second-order valence-corrected chi connectivity index (χ2v) is 2.39. The van der Waals surface area contributed by atoms with Gasteiger partial charge in [0.2, 0.25) is 0 Å². The van der Waals surface area contributed by atoms with Crippen LogP contribution in [-0.4, -0.2) is 7.11 Å². The summed E-state index contributed by atoms with van der Waals surface area (Å²) in [5.74, 6) is -3.08. The fraction of sp³-hybridized carbons (Fsp3) is 0.250. The van der Waals surface area contributed by atoms with Gasteiger partial charge in [0.05, 0.1) is 7.11 Å². The second-order valence-electron chi connectivity index (χ2n) is 2.39. The molecule has 0 aromatic heterocycles. The highest BCUT2D eigenvalue weighted by molar-refractivity contribution is 5.19. The predicted molar refractivity (Wildman–Crippen MR) is 40.2 cm³/mol. The van der Waals surface area contributed by atoms with Gasteiger partial charge < -0.3 is 4.84 Å². The van der Waals surface area contributed by atoms with Crippen LogP contribution in [0.2, 0.25) is 0 Å². The molecule has 1 aromatic rings. The average Bonchev–Trinajstić information content (AvgIpc) is 2.09. The SMILES string of the molecule is CONCc1cc(F)cc(F)c1F. The van der Waals surface area contributed by atoms with E-state index >= 15 is 0 Å². The van der Waals surface area contributed by atoms with E-state index in [9.17, 15) is 13.2 Å². The fourth-order valence-corrected chi connectivity index (χ4v) is 0.888. The topological polar surface area (TPSA) is 21.3 Å². The third-order valence-corrected chi connectivity index (χ3v) is 1.48. The van der Waals surface area contributed by atoms with Crippen LogP contribution in [-0.2, 0) is 11.4 Å². The van der Waals surface area contributed by atoms with Crippen molar-refractivity contribution in [2.24, 2.45) is 0 Å². The maximum Gasteiger partial charge on any atom is 0.163 e. The zero-order valence-electron chi connectivity index (χ0n) is 6.90. The van der Waals surface area contributed by atoms with Gasteiger partial charge in [-0.3, -0.25) is 0 Å². The fourth-order valence-electron chi connectivity index (χ4n) is 0.888. The molecule has 1 aromatic carbocycles. The Morgan fingerprint density at radius 1 is 1.31 bits per heavy atom. The molecule has 0 radical (unpaired) electrons. The molecule has 0 fully saturated rings. The molecule has 0 atom stereocenters. The van der Waals surface area contributed by atoms with Gasteiger partial charge in [-0.05, 0) is 6.07 Å². The molecule has 2 nitrogen and oxygen atoms in total. The van der Waals surface area contributed by atoms with Gasteiger partial charge in [-0.15, -0.1) is 0 Å². The molecule has 0 amide bonds. The summed E-state index contributed by atoms with van der Waals surface area (Å²) < 4.78 is 38.0. The molecule has 0 heterocycles. The summed E-state index contributed by atoms with van der Waals surface area (Å²) in [7, 11) is 1.33. The van der Waals surface area contributed by atoms with E-state index in [1.807, 2.05) is 0 Å². The maximum atomic E-state index is 12.9. The molecule has 72 valence electrons. The van der Waals surface area contributed by atoms with Crippen LogP contribution >= 0.6 is 0 Å². The highest BCUT2D eigenvalue weighted by atomic mass is 19.2. The highest BCUT2D eigenvalue weighted by Gasteiger charge is 2.10. The normalized spacial score (nSPS) is 10.5. The van der Waals surface area contributed by atoms with Crippen LogP contribution in [0.5, 0.6) is 0 Å². The van der Waals surface area contributed by atoms with Crippen LogP contribution in [0.25, 0.3) is 0 Å². The first-order chi connectivity index (χ1) is 6.15. The van der Waals surface area contributed by atoms with Crippen LogP contribution in [0.3, 0.4) is 0 Å². The van der Waals surface area contributed by atoms with E-state index in [1.165, 1.54) is 7.11 Å². The van der Waals surface area contributed by atoms with Gasteiger partial charge in [-0.1, -0.05) is 0 Å². The quantitative estimate of drug-likeness (QED) is 0.580. The van der Waals surface area contributed by atoms with Crippen molar-refractivity contribution in [2.75, 3.05) is 7.11 Å². The minimum Gasteiger partial charge on any atom is -0.305 e. The Balaban J connectivity index is 2.92. The summed E-state index contributed by atoms with van der Waals surface area (Å²) in [6.07, 6.45) is 0. The molecule has 0 saturated carbocycles. The molecule has 0 unspecified atom stereocenters. The van der Waals surface area contributed by atoms with Gasteiger partial charge in [0.1, 0.15) is 5.82 Å². The van der Waals surface area contributed by atoms with Crippen molar-refractivity contribution in [2.45, 2.75) is 6.54 Å². The number of rotatable bonds is 3. The molecule has 13 heavy (non-hydrogen) atoms. The van der Waals surface area contributed by atoms with Gasteiger partial charge in [-0.2, -0.15) is 5.48 Å². The van der Waals surface area contributed by atoms with Crippen LogP contribution in [0.1, 0.15) is 5.56 Å². The van der Waals surface area contributed by atoms with E-state index in [1.54, 1.807) is 0 Å². The smallest absolute Gasteiger partial charge is 0.163 e. The Hall–Kier alpha value is -1.07. The Bertz CT molecular complexity index is 304. The first kappa shape index (κ1) is 10.0. The molecular weight excluding hydrogens is 183 g/mol. The molecule has 1 N–H and O–H groups in total. The summed E-state index contributed by atoms with van der Waals surface area (Å²) in [4.78, 5) is 4.42. The van der Waals surface area contributed by atoms with Gasteiger partial charge in [-0.25, -0.2) is 13.2 Å². The summed E-state index contributed by atoms with van der Waals surface area (Å²) in [6.45, 7) is -0.0863. The molecule has 5 heteroatoms. The van der Waals surface area contributed by atoms with Gasteiger partial charge in [0, 0.05) is 18.2 Å². The molecule has 0 aliphatic carbocycles. The summed E-state index contributed by atoms with van der Waals surface area (Å²) in [5.41, 5.74) is 2.17. The van der Waals surface area contributed by atoms with E-state index in [0.717, 1.165) is 6.07 Å². The van der Waals surface area contributed by atoms with Gasteiger partial charge in [0.15, 0.2) is 11.6 Å². The monoisotopic (exact) mass is 191 g/mol. The molecule has 0 aliphatic rings. The largest absolute Gasteiger partial charge is 0.305 e. The zero-order chi connectivity index (χ0) is 9.84. The van der Waals surface area contributed by atoms with Crippen molar-refractivity contribution in [3.8, 4) is 0 Å². The average molecular weight is 191 g/mol. The molecule has 0 bridgehead atoms. The number of hydrogen-bond donors (Lipinski definition) is 1. The number of hydrogen-bond acceptors (Lipinski definition) is 2. The van der Waals surface area contributed by atoms with Crippen molar-refractivity contribution >= 4 is 0 Å². The van der Waals surface area contributed by atoms with Crippen LogP contribution in [0.15, 0.2) is 12.1 Å². The standard InChI is InChI=1S/C8H8F3NO/c1-13-12-4-5-2-6(9)3-7(10)8(5)11/h2-3,12H,4H2,1H3. The lowest BCUT2D eigenvalue weighted by atomic mass is 10.2. The zero-order valence-corrected chi connectivity index (χ0v) is 6.90. The maximum absolute atomic E-state index is 12.9. The third kappa shape index (κ3) is 2.43. The Labute approximate surface area is 73.3 Å². The summed E-state index contributed by atoms with van der Waals surface area (Å²) >= 11 is 0. The first-order valence-corrected chi connectivity index (χ1v) is 3.54. The predicted octanol–water partition coefficient (Wildman–Crippen LogP) is 1.75. The van der Waals surface area contributed by atoms with Crippen molar-refractivity contribution in [1.29, 1.82) is 0 Å². The summed E-state index contributed by atoms with van der Waals surface area (Å²) in [6, 6.07) is 1.40. The van der Waals surface area contributed by atoms with Crippen molar-refractivity contribution in [1.82, 2.24) is 5.48 Å². The molecule has 0 saturated heterocycles. The summed E-state index contributed by atoms with van der Waals surface area (Å²) in [5, 5.41) is 0. The Morgan fingerprint density at radius 2 is 2.00 bits per heavy atom. The van der Waals surface area contributed by atoms with Crippen molar-refractivity contribution < 1.29 is 18.0 Å². The number of benzene rings is 1. The van der Waals surface area contributed by atoms with E-state index in [0.29, 0.717) is 6.07 Å². The van der Waals surface area contributed by atoms with Gasteiger partial charge >= 0.3 is 0 Å². The Kier molecular flexibility index (Phi) is 3.27. The van der Waals surface area contributed by atoms with Crippen molar-refractivity contribution in [3.05, 3.63) is 35.1 Å². The lowest BCUT2D eigenvalue weighted by Crippen LogP contribution is -2.13. The highest BCUT2D eigenvalue weighted by Crippen LogP contribution is 2.13. The number of nitrogens with one attached hydrogen (secondary N) is 1. The van der Waals surface area contributed by atoms with E-state index in [2.05, 4.69) is 10.3 Å². The second kappa shape index (κ2) is 4.25. The van der Waals surface area contributed by atoms with Gasteiger partial charge in [0.25, 0.3) is 0 Å². The Morgan fingerprint density at radius 3 is 2.62 bits per heavy atom. The van der Waals surface area contributed by atoms with E-state index in [-0.39, 0.29) is 12.1 Å². The van der Waals surface area contributed by atoms with Crippen LogP contribution < -0.4 is 5.48 Å². The van der Waals surface area contributed by atoms with E-state index in [4.69, 9.17) is 0 Å². The minimum absolute atomic E-state index is 0.0863. The number of halogens is 3. The number of hydroxylamine groups is 1. The molecule has 0 spiro atoms. The lowest BCUT2D eigenvalue weighted by molar-refractivity contribution is 0.0857. The van der Waals surface area contributed by atoms with Crippen LogP contribution in [0.4, 0.5) is 13.2 Å². The van der Waals surface area contributed by atoms with Crippen LogP contribution in [0, 0.1) is 17.5 Å². The third-order valence-electron chi connectivity index (χ3n) is 1.48. The lowest BCUT2D eigenvalue weighted by Gasteiger charge is -2.04.